The Bertz CT molecular complexity index is 780. The number of hydrogen-bond donors (Lipinski definition) is 6. The van der Waals surface area contributed by atoms with Crippen molar-refractivity contribution in [3.63, 3.8) is 0 Å². The van der Waals surface area contributed by atoms with Crippen LogP contribution in [0.4, 0.5) is 0 Å². The van der Waals surface area contributed by atoms with Crippen LogP contribution in [-0.2, 0) is 14.2 Å². The van der Waals surface area contributed by atoms with E-state index in [-0.39, 0.29) is 19.8 Å². The first kappa shape index (κ1) is 64.6. The van der Waals surface area contributed by atoms with E-state index < -0.39 is 23.7 Å². The second kappa shape index (κ2) is 53.0. The highest BCUT2D eigenvalue weighted by Crippen LogP contribution is 2.20. The van der Waals surface area contributed by atoms with Crippen LogP contribution >= 0.6 is 0 Å². The fraction of sp³-hybridized carbons (Fsp3) is 1.00. The van der Waals surface area contributed by atoms with Crippen LogP contribution in [-0.4, -0.2) is 113 Å². The second-order valence-corrected chi connectivity index (χ2v) is 20.6. The molecule has 0 fully saturated rings. The van der Waals surface area contributed by atoms with Crippen LogP contribution in [0.25, 0.3) is 0 Å². The van der Waals surface area contributed by atoms with Gasteiger partial charge in [0.2, 0.25) is 0 Å². The topological polar surface area (TPSA) is 124 Å². The van der Waals surface area contributed by atoms with Crippen LogP contribution in [0.1, 0.15) is 259 Å². The van der Waals surface area contributed by atoms with Crippen LogP contribution in [0.3, 0.4) is 0 Å². The van der Waals surface area contributed by atoms with Crippen molar-refractivity contribution in [1.29, 1.82) is 0 Å². The molecular formula is C56H117N3O6. The van der Waals surface area contributed by atoms with E-state index in [0.29, 0.717) is 39.5 Å². The van der Waals surface area contributed by atoms with Gasteiger partial charge in [0.1, 0.15) is 0 Å². The van der Waals surface area contributed by atoms with Gasteiger partial charge >= 0.3 is 0 Å². The van der Waals surface area contributed by atoms with Gasteiger partial charge in [0.15, 0.2) is 0 Å². The summed E-state index contributed by atoms with van der Waals surface area (Å²) in [4.78, 5) is 0. The molecule has 0 rings (SSSR count). The third-order valence-electron chi connectivity index (χ3n) is 13.0. The summed E-state index contributed by atoms with van der Waals surface area (Å²) in [6.07, 6.45) is 46.4. The van der Waals surface area contributed by atoms with Gasteiger partial charge in [-0.25, -0.2) is 0 Å². The predicted molar refractivity (Wildman–Crippen MR) is 280 cm³/mol. The maximum Gasteiger partial charge on any atom is 0.0897 e. The van der Waals surface area contributed by atoms with Crippen LogP contribution in [0.2, 0.25) is 0 Å². The molecule has 0 saturated carbocycles. The van der Waals surface area contributed by atoms with Crippen molar-refractivity contribution >= 4 is 0 Å². The van der Waals surface area contributed by atoms with Crippen molar-refractivity contribution in [2.75, 3.05) is 78.9 Å². The number of rotatable bonds is 57. The van der Waals surface area contributed by atoms with E-state index in [1.807, 2.05) is 0 Å². The first-order valence-corrected chi connectivity index (χ1v) is 28.8. The van der Waals surface area contributed by atoms with Gasteiger partial charge in [-0.2, -0.15) is 0 Å². The second-order valence-electron chi connectivity index (χ2n) is 20.6. The van der Waals surface area contributed by atoms with Crippen molar-refractivity contribution in [1.82, 2.24) is 16.0 Å². The molecule has 0 aliphatic carbocycles. The largest absolute Gasteiger partial charge is 0.389 e. The molecule has 0 bridgehead atoms. The van der Waals surface area contributed by atoms with E-state index >= 15 is 0 Å². The van der Waals surface area contributed by atoms with Gasteiger partial charge in [0, 0.05) is 25.0 Å². The van der Waals surface area contributed by atoms with Crippen molar-refractivity contribution in [3.8, 4) is 0 Å². The molecular weight excluding hydrogens is 811 g/mol. The molecule has 65 heavy (non-hydrogen) atoms. The molecule has 3 atom stereocenters. The Morgan fingerprint density at radius 2 is 0.492 bits per heavy atom. The summed E-state index contributed by atoms with van der Waals surface area (Å²) in [6, 6.07) is 0. The van der Waals surface area contributed by atoms with Crippen LogP contribution in [0.5, 0.6) is 0 Å². The molecule has 3 unspecified atom stereocenters. The predicted octanol–water partition coefficient (Wildman–Crippen LogP) is 13.0. The van der Waals surface area contributed by atoms with Gasteiger partial charge in [-0.1, -0.05) is 240 Å². The lowest BCUT2D eigenvalue weighted by Gasteiger charge is -2.30. The zero-order valence-electron chi connectivity index (χ0n) is 44.2. The van der Waals surface area contributed by atoms with Gasteiger partial charge in [0.25, 0.3) is 0 Å². The number of unbranched alkanes of at least 4 members (excludes halogenated alkanes) is 33. The average Bonchev–Trinajstić information content (AvgIpc) is 3.29. The van der Waals surface area contributed by atoms with E-state index in [0.717, 1.165) is 38.9 Å². The molecule has 0 saturated heterocycles. The zero-order chi connectivity index (χ0) is 47.4. The van der Waals surface area contributed by atoms with Crippen molar-refractivity contribution in [2.24, 2.45) is 5.41 Å². The lowest BCUT2D eigenvalue weighted by molar-refractivity contribution is -0.0903. The lowest BCUT2D eigenvalue weighted by Crippen LogP contribution is -2.39. The van der Waals surface area contributed by atoms with Gasteiger partial charge in [-0.3, -0.25) is 0 Å². The maximum atomic E-state index is 10.7. The summed E-state index contributed by atoms with van der Waals surface area (Å²) in [5.41, 5.74) is -0.493. The first-order chi connectivity index (χ1) is 31.9. The number of nitrogens with one attached hydrogen (secondary N) is 3. The Hall–Kier alpha value is -0.360. The zero-order valence-corrected chi connectivity index (χ0v) is 44.2. The minimum Gasteiger partial charge on any atom is -0.389 e. The minimum absolute atomic E-state index is 0.234. The highest BCUT2D eigenvalue weighted by molar-refractivity contribution is 4.75. The number of aliphatic hydroxyl groups is 3. The van der Waals surface area contributed by atoms with Crippen LogP contribution in [0.15, 0.2) is 0 Å². The van der Waals surface area contributed by atoms with Crippen LogP contribution in [0, 0.1) is 5.41 Å². The summed E-state index contributed by atoms with van der Waals surface area (Å²) in [5, 5.41) is 42.2. The van der Waals surface area contributed by atoms with E-state index in [2.05, 4.69) is 43.6 Å². The Morgan fingerprint density at radius 1 is 0.308 bits per heavy atom. The van der Waals surface area contributed by atoms with E-state index in [1.54, 1.807) is 0 Å². The van der Waals surface area contributed by atoms with Gasteiger partial charge < -0.3 is 45.5 Å². The Kier molecular flexibility index (Phi) is 52.7. The van der Waals surface area contributed by atoms with Crippen molar-refractivity contribution in [2.45, 2.75) is 277 Å². The lowest BCUT2D eigenvalue weighted by atomic mass is 9.94. The molecule has 0 radical (unpaired) electrons. The molecule has 9 nitrogen and oxygen atoms in total. The van der Waals surface area contributed by atoms with Crippen molar-refractivity contribution in [3.05, 3.63) is 0 Å². The number of ether oxygens (including phenoxy) is 3. The summed E-state index contributed by atoms with van der Waals surface area (Å²) in [7, 11) is 0. The SMILES string of the molecule is CCCCCCCCCCCCCCNCC(O)COCC(C)(COCC(O)CNCCCCCCCCCCCCCC)COCC(O)CNCCCCCCCCCCCCCC. The molecule has 0 aliphatic heterocycles. The third-order valence-corrected chi connectivity index (χ3v) is 13.0. The summed E-state index contributed by atoms with van der Waals surface area (Å²) in [5.74, 6) is 0. The molecule has 6 N–H and O–H groups in total. The smallest absolute Gasteiger partial charge is 0.0897 e. The standard InChI is InChI=1S/C56H117N3O6/c1-5-8-11-14-17-20-23-26-29-32-35-38-41-57-44-53(60)47-63-50-56(4,51-64-48-54(61)45-58-42-39-36-33-30-27-24-21-18-15-12-9-6-2)52-65-49-55(62)46-59-43-40-37-34-31-28-25-22-19-16-13-10-7-3/h53-55,57-62H,5-52H2,1-4H3. The molecule has 0 aromatic heterocycles. The van der Waals surface area contributed by atoms with Gasteiger partial charge in [-0.15, -0.1) is 0 Å². The quantitative estimate of drug-likeness (QED) is 0.0331. The Morgan fingerprint density at radius 3 is 0.692 bits per heavy atom. The molecule has 392 valence electrons. The summed E-state index contributed by atoms with van der Waals surface area (Å²) >= 11 is 0. The fourth-order valence-electron chi connectivity index (χ4n) is 8.70. The number of aliphatic hydroxyl groups excluding tert-OH is 3. The molecule has 0 aliphatic rings. The van der Waals surface area contributed by atoms with E-state index in [4.69, 9.17) is 14.2 Å². The third kappa shape index (κ3) is 51.3. The van der Waals surface area contributed by atoms with Gasteiger partial charge in [0.05, 0.1) is 58.0 Å². The molecule has 0 spiro atoms. The summed E-state index contributed by atoms with van der Waals surface area (Å²) < 4.78 is 18.2. The highest BCUT2D eigenvalue weighted by Gasteiger charge is 2.27. The van der Waals surface area contributed by atoms with Gasteiger partial charge in [-0.05, 0) is 38.9 Å². The normalized spacial score (nSPS) is 14.3. The first-order valence-electron chi connectivity index (χ1n) is 28.8. The molecule has 0 aromatic rings. The van der Waals surface area contributed by atoms with Crippen LogP contribution < -0.4 is 16.0 Å². The van der Waals surface area contributed by atoms with E-state index in [9.17, 15) is 15.3 Å². The fourth-order valence-corrected chi connectivity index (χ4v) is 8.70. The minimum atomic E-state index is -0.589. The van der Waals surface area contributed by atoms with Crippen molar-refractivity contribution < 1.29 is 29.5 Å². The Balaban J connectivity index is 4.38. The molecule has 0 aromatic carbocycles. The average molecular weight is 929 g/mol. The summed E-state index contributed by atoms with van der Waals surface area (Å²) in [6.45, 7) is 14.9. The number of hydrogen-bond acceptors (Lipinski definition) is 9. The Labute approximate surface area is 405 Å². The molecule has 0 amide bonds. The monoisotopic (exact) mass is 928 g/mol. The molecule has 0 heterocycles. The van der Waals surface area contributed by atoms with E-state index in [1.165, 1.54) is 212 Å². The maximum absolute atomic E-state index is 10.7. The highest BCUT2D eigenvalue weighted by atomic mass is 16.5. The molecule has 9 heteroatoms.